The van der Waals surface area contributed by atoms with Crippen LogP contribution in [-0.2, 0) is 4.79 Å². The number of hydrogen-bond donors (Lipinski definition) is 6. The summed E-state index contributed by atoms with van der Waals surface area (Å²) in [6, 6.07) is 5.86. The van der Waals surface area contributed by atoms with Crippen LogP contribution in [0, 0.1) is 11.6 Å². The second-order valence-corrected chi connectivity index (χ2v) is 9.86. The Morgan fingerprint density at radius 1 is 1.12 bits per heavy atom. The average Bonchev–Trinajstić information content (AvgIpc) is 3.54. The summed E-state index contributed by atoms with van der Waals surface area (Å²) in [6.07, 6.45) is 0. The number of aliphatic hydroxyl groups excluding tert-OH is 1. The van der Waals surface area contributed by atoms with E-state index in [1.165, 1.54) is 24.6 Å². The first-order valence-corrected chi connectivity index (χ1v) is 12.9. The van der Waals surface area contributed by atoms with Gasteiger partial charge in [0.2, 0.25) is 5.91 Å². The van der Waals surface area contributed by atoms with E-state index in [1.54, 1.807) is 12.1 Å². The molecular formula is C24H21F2N7O5S2. The largest absolute Gasteiger partial charge is 0.497 e. The molecule has 2 heterocycles. The van der Waals surface area contributed by atoms with Crippen molar-refractivity contribution in [2.75, 3.05) is 30.1 Å². The zero-order valence-electron chi connectivity index (χ0n) is 20.5. The van der Waals surface area contributed by atoms with Gasteiger partial charge in [0.25, 0.3) is 5.91 Å². The fourth-order valence-corrected chi connectivity index (χ4v) is 5.14. The molecule has 0 aliphatic rings. The molecule has 4 amide bonds. The van der Waals surface area contributed by atoms with E-state index in [4.69, 9.17) is 21.3 Å². The molecule has 2 aromatic carbocycles. The highest BCUT2D eigenvalue weighted by Gasteiger charge is 2.21. The number of nitrogens with zero attached hydrogens (tertiary/aromatic N) is 2. The van der Waals surface area contributed by atoms with Crippen LogP contribution in [0.15, 0.2) is 41.8 Å². The first-order chi connectivity index (χ1) is 19.1. The van der Waals surface area contributed by atoms with Crippen LogP contribution in [0.5, 0.6) is 5.75 Å². The number of carbonyl (C=O) groups excluding carboxylic acids is 3. The molecule has 0 saturated heterocycles. The van der Waals surface area contributed by atoms with Crippen LogP contribution in [0.1, 0.15) is 10.4 Å². The molecule has 0 spiro atoms. The molecule has 0 aliphatic heterocycles. The minimum atomic E-state index is -1.30. The Labute approximate surface area is 233 Å². The Balaban J connectivity index is 1.54. The minimum Gasteiger partial charge on any atom is -0.497 e. The summed E-state index contributed by atoms with van der Waals surface area (Å²) in [6.45, 7) is -0.692. The quantitative estimate of drug-likeness (QED) is 0.171. The monoisotopic (exact) mass is 589 g/mol. The fraction of sp³-hybridized carbons (Fsp3) is 0.125. The minimum absolute atomic E-state index is 0.0145. The Hall–Kier alpha value is -4.67. The maximum atomic E-state index is 14.8. The van der Waals surface area contributed by atoms with Gasteiger partial charge in [-0.25, -0.2) is 23.5 Å². The van der Waals surface area contributed by atoms with Crippen molar-refractivity contribution >= 4 is 57.2 Å². The molecule has 0 fully saturated rings. The predicted molar refractivity (Wildman–Crippen MR) is 146 cm³/mol. The number of aromatic nitrogens is 2. The molecule has 16 heteroatoms. The normalized spacial score (nSPS) is 11.5. The van der Waals surface area contributed by atoms with Crippen molar-refractivity contribution in [1.29, 1.82) is 0 Å². The second-order valence-electron chi connectivity index (χ2n) is 8.01. The number of nitrogens with two attached hydrogens (primary N) is 2. The third kappa shape index (κ3) is 6.31. The van der Waals surface area contributed by atoms with Crippen molar-refractivity contribution < 1.29 is 33.0 Å². The number of aliphatic hydroxyl groups is 1. The van der Waals surface area contributed by atoms with Gasteiger partial charge >= 0.3 is 6.03 Å². The first kappa shape index (κ1) is 28.3. The molecule has 0 saturated carbocycles. The number of carbonyl (C=O) groups is 3. The number of rotatable bonds is 9. The molecule has 12 nitrogen and oxygen atoms in total. The summed E-state index contributed by atoms with van der Waals surface area (Å²) in [5.74, 6) is -2.99. The van der Waals surface area contributed by atoms with Gasteiger partial charge in [-0.3, -0.25) is 14.9 Å². The molecule has 4 rings (SSSR count). The molecule has 0 aliphatic carbocycles. The second kappa shape index (κ2) is 12.0. The molecule has 208 valence electrons. The van der Waals surface area contributed by atoms with E-state index in [0.29, 0.717) is 21.7 Å². The van der Waals surface area contributed by atoms with Gasteiger partial charge in [-0.15, -0.1) is 11.3 Å². The smallest absolute Gasteiger partial charge is 0.321 e. The van der Waals surface area contributed by atoms with E-state index < -0.39 is 42.1 Å². The van der Waals surface area contributed by atoms with Crippen LogP contribution < -0.4 is 32.2 Å². The van der Waals surface area contributed by atoms with Crippen LogP contribution in [0.2, 0.25) is 0 Å². The van der Waals surface area contributed by atoms with E-state index in [0.717, 1.165) is 28.7 Å². The number of ether oxygens (including phenoxy) is 1. The van der Waals surface area contributed by atoms with Crippen molar-refractivity contribution in [1.82, 2.24) is 15.3 Å². The van der Waals surface area contributed by atoms with Crippen LogP contribution in [0.25, 0.3) is 21.1 Å². The van der Waals surface area contributed by atoms with E-state index in [-0.39, 0.29) is 33.5 Å². The van der Waals surface area contributed by atoms with Gasteiger partial charge in [0.15, 0.2) is 5.13 Å². The summed E-state index contributed by atoms with van der Waals surface area (Å²) in [4.78, 5) is 44.7. The SMILES string of the molecule is COc1cccc(C(=O)Nc2cc(-c3csc(-c4sc(NC(=O)N[C@@H](CO)C(N)=O)nc4N)n3)c(F)cc2F)c1. The highest BCUT2D eigenvalue weighted by molar-refractivity contribution is 7.23. The fourth-order valence-electron chi connectivity index (χ4n) is 3.34. The Morgan fingerprint density at radius 3 is 2.60 bits per heavy atom. The van der Waals surface area contributed by atoms with Gasteiger partial charge in [0, 0.05) is 22.6 Å². The molecule has 40 heavy (non-hydrogen) atoms. The third-order valence-electron chi connectivity index (χ3n) is 5.32. The number of benzene rings is 2. The van der Waals surface area contributed by atoms with Crippen molar-refractivity contribution in [2.24, 2.45) is 5.73 Å². The van der Waals surface area contributed by atoms with Gasteiger partial charge in [-0.1, -0.05) is 17.4 Å². The molecule has 8 N–H and O–H groups in total. The van der Waals surface area contributed by atoms with Crippen molar-refractivity contribution in [2.45, 2.75) is 6.04 Å². The summed E-state index contributed by atoms with van der Waals surface area (Å²) in [5, 5.41) is 18.0. The number of amides is 4. The number of nitrogen functional groups attached to an aromatic ring is 1. The number of anilines is 3. The number of thiazole rings is 2. The Morgan fingerprint density at radius 2 is 1.90 bits per heavy atom. The molecule has 0 radical (unpaired) electrons. The lowest BCUT2D eigenvalue weighted by molar-refractivity contribution is -0.120. The number of urea groups is 1. The predicted octanol–water partition coefficient (Wildman–Crippen LogP) is 3.02. The molecule has 0 bridgehead atoms. The van der Waals surface area contributed by atoms with Gasteiger partial charge in [-0.2, -0.15) is 0 Å². The molecule has 4 aromatic rings. The van der Waals surface area contributed by atoms with Gasteiger partial charge in [0.05, 0.1) is 25.1 Å². The van der Waals surface area contributed by atoms with E-state index in [9.17, 15) is 23.2 Å². The molecule has 2 aromatic heterocycles. The zero-order chi connectivity index (χ0) is 29.0. The highest BCUT2D eigenvalue weighted by Crippen LogP contribution is 2.39. The van der Waals surface area contributed by atoms with Crippen LogP contribution >= 0.6 is 22.7 Å². The number of halogens is 2. The first-order valence-electron chi connectivity index (χ1n) is 11.2. The lowest BCUT2D eigenvalue weighted by Gasteiger charge is -2.12. The van der Waals surface area contributed by atoms with Gasteiger partial charge in [0.1, 0.15) is 39.1 Å². The Kier molecular flexibility index (Phi) is 8.52. The number of hydrogen-bond acceptors (Lipinski definition) is 10. The molecule has 1 atom stereocenters. The van der Waals surface area contributed by atoms with Crippen molar-refractivity contribution in [3.8, 4) is 26.9 Å². The number of methoxy groups -OCH3 is 1. The topological polar surface area (TPSA) is 195 Å². The number of primary amides is 1. The summed E-state index contributed by atoms with van der Waals surface area (Å²) < 4.78 is 34.4. The van der Waals surface area contributed by atoms with Crippen LogP contribution in [0.4, 0.5) is 30.2 Å². The van der Waals surface area contributed by atoms with Crippen LogP contribution in [0.3, 0.4) is 0 Å². The zero-order valence-corrected chi connectivity index (χ0v) is 22.2. The molecule has 0 unspecified atom stereocenters. The maximum absolute atomic E-state index is 14.8. The number of nitrogens with one attached hydrogen (secondary N) is 3. The highest BCUT2D eigenvalue weighted by atomic mass is 32.1. The Bertz CT molecular complexity index is 1590. The van der Waals surface area contributed by atoms with E-state index >= 15 is 0 Å². The van der Waals surface area contributed by atoms with Gasteiger partial charge < -0.3 is 31.9 Å². The van der Waals surface area contributed by atoms with E-state index in [1.807, 2.05) is 0 Å². The summed E-state index contributed by atoms with van der Waals surface area (Å²) in [5.41, 5.74) is 11.1. The molecular weight excluding hydrogens is 568 g/mol. The standard InChI is InChI=1S/C24H21F2N7O5S2/c1-38-11-4-2-3-10(5-11)21(36)29-15-6-12(13(25)7-14(15)26)17-9-39-22(30-17)18-19(27)32-24(40-18)33-23(37)31-16(8-34)20(28)35/h2-7,9,16,34H,8,27H2,1H3,(H2,28,35)(H,29,36)(H2,31,32,33,37)/t16-/m0/s1. The lowest BCUT2D eigenvalue weighted by Crippen LogP contribution is -2.48. The summed E-state index contributed by atoms with van der Waals surface area (Å²) in [7, 11) is 1.44. The van der Waals surface area contributed by atoms with E-state index in [2.05, 4.69) is 25.9 Å². The average molecular weight is 590 g/mol. The summed E-state index contributed by atoms with van der Waals surface area (Å²) >= 11 is 2.04. The maximum Gasteiger partial charge on any atom is 0.321 e. The van der Waals surface area contributed by atoms with Crippen molar-refractivity contribution in [3.05, 3.63) is 59.0 Å². The van der Waals surface area contributed by atoms with Crippen LogP contribution in [-0.4, -0.2) is 52.7 Å². The van der Waals surface area contributed by atoms with Crippen molar-refractivity contribution in [3.63, 3.8) is 0 Å². The lowest BCUT2D eigenvalue weighted by atomic mass is 10.1. The van der Waals surface area contributed by atoms with Gasteiger partial charge in [-0.05, 0) is 24.3 Å². The third-order valence-corrected chi connectivity index (χ3v) is 7.30.